The molecule has 0 aliphatic carbocycles. The third-order valence-corrected chi connectivity index (χ3v) is 4.67. The second kappa shape index (κ2) is 10.2. The number of carbonyl (C=O) groups excluding carboxylic acids is 1. The number of esters is 1. The number of rotatable bonds is 6. The number of benzene rings is 1. The number of ether oxygens (including phenoxy) is 1. The molecule has 1 fully saturated rings. The first kappa shape index (κ1) is 20.2. The molecular formula is C20H32N4O2. The molecule has 6 nitrogen and oxygen atoms in total. The van der Waals surface area contributed by atoms with E-state index in [0.29, 0.717) is 6.61 Å². The van der Waals surface area contributed by atoms with E-state index in [1.807, 2.05) is 14.0 Å². The standard InChI is InChI=1S/C20H32N4O2/c1-5-26-19(25)16-10-12-24(13-11-16)20(21-2)22-14-17-8-6-7-9-18(17)15-23(3)4/h6-9,16H,5,10-15H2,1-4H3,(H,21,22). The molecule has 1 aliphatic rings. The van der Waals surface area contributed by atoms with E-state index in [9.17, 15) is 4.79 Å². The molecule has 2 rings (SSSR count). The maximum atomic E-state index is 11.9. The lowest BCUT2D eigenvalue weighted by Crippen LogP contribution is -2.46. The molecule has 1 aromatic carbocycles. The smallest absolute Gasteiger partial charge is 0.309 e. The van der Waals surface area contributed by atoms with Crippen molar-refractivity contribution in [2.24, 2.45) is 10.9 Å². The van der Waals surface area contributed by atoms with Crippen LogP contribution in [0.25, 0.3) is 0 Å². The Hall–Kier alpha value is -2.08. The van der Waals surface area contributed by atoms with Crippen molar-refractivity contribution < 1.29 is 9.53 Å². The quantitative estimate of drug-likeness (QED) is 0.478. The summed E-state index contributed by atoms with van der Waals surface area (Å²) in [5, 5.41) is 3.48. The molecule has 0 spiro atoms. The fourth-order valence-corrected chi connectivity index (χ4v) is 3.32. The summed E-state index contributed by atoms with van der Waals surface area (Å²) in [5.74, 6) is 0.852. The third kappa shape index (κ3) is 5.73. The highest BCUT2D eigenvalue weighted by Crippen LogP contribution is 2.19. The van der Waals surface area contributed by atoms with Crippen LogP contribution in [0.4, 0.5) is 0 Å². The van der Waals surface area contributed by atoms with Crippen LogP contribution in [-0.4, -0.2) is 62.6 Å². The molecule has 1 N–H and O–H groups in total. The van der Waals surface area contributed by atoms with Crippen LogP contribution in [0.5, 0.6) is 0 Å². The molecule has 6 heteroatoms. The van der Waals surface area contributed by atoms with E-state index in [0.717, 1.165) is 45.0 Å². The highest BCUT2D eigenvalue weighted by molar-refractivity contribution is 5.80. The van der Waals surface area contributed by atoms with E-state index in [-0.39, 0.29) is 11.9 Å². The molecule has 1 aromatic rings. The summed E-state index contributed by atoms with van der Waals surface area (Å²) in [6.45, 7) is 5.61. The fourth-order valence-electron chi connectivity index (χ4n) is 3.32. The largest absolute Gasteiger partial charge is 0.466 e. The monoisotopic (exact) mass is 360 g/mol. The lowest BCUT2D eigenvalue weighted by Gasteiger charge is -2.33. The molecular weight excluding hydrogens is 328 g/mol. The Kier molecular flexibility index (Phi) is 7.91. The van der Waals surface area contributed by atoms with Crippen molar-refractivity contribution in [3.63, 3.8) is 0 Å². The summed E-state index contributed by atoms with van der Waals surface area (Å²) < 4.78 is 5.15. The zero-order chi connectivity index (χ0) is 18.9. The van der Waals surface area contributed by atoms with E-state index < -0.39 is 0 Å². The summed E-state index contributed by atoms with van der Waals surface area (Å²) in [6, 6.07) is 8.48. The van der Waals surface area contributed by atoms with E-state index in [1.54, 1.807) is 0 Å². The van der Waals surface area contributed by atoms with Gasteiger partial charge < -0.3 is 19.9 Å². The average molecular weight is 361 g/mol. The molecule has 0 amide bonds. The minimum atomic E-state index is -0.0623. The van der Waals surface area contributed by atoms with Gasteiger partial charge in [0.1, 0.15) is 0 Å². The maximum Gasteiger partial charge on any atom is 0.309 e. The summed E-state index contributed by atoms with van der Waals surface area (Å²) in [7, 11) is 5.97. The molecule has 0 atom stereocenters. The minimum Gasteiger partial charge on any atom is -0.466 e. The number of nitrogens with one attached hydrogen (secondary N) is 1. The van der Waals surface area contributed by atoms with Crippen molar-refractivity contribution in [1.82, 2.24) is 15.1 Å². The van der Waals surface area contributed by atoms with E-state index >= 15 is 0 Å². The van der Waals surface area contributed by atoms with Gasteiger partial charge in [0.2, 0.25) is 0 Å². The number of aliphatic imine (C=N–C) groups is 1. The Labute approximate surface area is 157 Å². The van der Waals surface area contributed by atoms with Gasteiger partial charge in [0.25, 0.3) is 0 Å². The number of carbonyl (C=O) groups is 1. The van der Waals surface area contributed by atoms with Crippen molar-refractivity contribution in [2.75, 3.05) is 40.8 Å². The van der Waals surface area contributed by atoms with Crippen LogP contribution < -0.4 is 5.32 Å². The molecule has 0 unspecified atom stereocenters. The van der Waals surface area contributed by atoms with E-state index in [4.69, 9.17) is 4.74 Å². The number of piperidine rings is 1. The highest BCUT2D eigenvalue weighted by atomic mass is 16.5. The van der Waals surface area contributed by atoms with Gasteiger partial charge in [-0.1, -0.05) is 24.3 Å². The zero-order valence-electron chi connectivity index (χ0n) is 16.5. The first-order valence-electron chi connectivity index (χ1n) is 9.38. The first-order chi connectivity index (χ1) is 12.5. The Bertz CT molecular complexity index is 608. The van der Waals surface area contributed by atoms with Gasteiger partial charge in [0, 0.05) is 33.2 Å². The molecule has 1 saturated heterocycles. The number of hydrogen-bond donors (Lipinski definition) is 1. The first-order valence-corrected chi connectivity index (χ1v) is 9.38. The normalized spacial score (nSPS) is 16.0. The second-order valence-electron chi connectivity index (χ2n) is 6.92. The van der Waals surface area contributed by atoms with Crippen molar-refractivity contribution >= 4 is 11.9 Å². The van der Waals surface area contributed by atoms with Crippen LogP contribution in [0.2, 0.25) is 0 Å². The average Bonchev–Trinajstić information content (AvgIpc) is 2.64. The Morgan fingerprint density at radius 2 is 1.92 bits per heavy atom. The summed E-state index contributed by atoms with van der Waals surface area (Å²) in [4.78, 5) is 20.7. The van der Waals surface area contributed by atoms with Gasteiger partial charge in [-0.15, -0.1) is 0 Å². The van der Waals surface area contributed by atoms with Crippen molar-refractivity contribution in [3.8, 4) is 0 Å². The third-order valence-electron chi connectivity index (χ3n) is 4.67. The van der Waals surface area contributed by atoms with Crippen molar-refractivity contribution in [3.05, 3.63) is 35.4 Å². The van der Waals surface area contributed by atoms with Gasteiger partial charge in [0.05, 0.1) is 12.5 Å². The maximum absolute atomic E-state index is 11.9. The van der Waals surface area contributed by atoms with Crippen LogP contribution in [0.3, 0.4) is 0 Å². The topological polar surface area (TPSA) is 57.2 Å². The Morgan fingerprint density at radius 1 is 1.27 bits per heavy atom. The van der Waals surface area contributed by atoms with Crippen molar-refractivity contribution in [1.29, 1.82) is 0 Å². The predicted octanol–water partition coefficient (Wildman–Crippen LogP) is 2.10. The number of likely N-dealkylation sites (tertiary alicyclic amines) is 1. The Morgan fingerprint density at radius 3 is 2.50 bits per heavy atom. The molecule has 0 bridgehead atoms. The fraction of sp³-hybridized carbons (Fsp3) is 0.600. The molecule has 0 saturated carbocycles. The van der Waals surface area contributed by atoms with Crippen LogP contribution in [0.1, 0.15) is 30.9 Å². The number of hydrogen-bond acceptors (Lipinski definition) is 4. The summed E-state index contributed by atoms with van der Waals surface area (Å²) in [5.41, 5.74) is 2.60. The lowest BCUT2D eigenvalue weighted by atomic mass is 9.97. The molecule has 1 aliphatic heterocycles. The molecule has 0 radical (unpaired) electrons. The van der Waals surface area contributed by atoms with Crippen molar-refractivity contribution in [2.45, 2.75) is 32.9 Å². The second-order valence-corrected chi connectivity index (χ2v) is 6.92. The SMILES string of the molecule is CCOC(=O)C1CCN(C(=NC)NCc2ccccc2CN(C)C)CC1. The van der Waals surface area contributed by atoms with Gasteiger partial charge in [0.15, 0.2) is 5.96 Å². The van der Waals surface area contributed by atoms with Crippen LogP contribution >= 0.6 is 0 Å². The summed E-state index contributed by atoms with van der Waals surface area (Å²) in [6.07, 6.45) is 1.63. The predicted molar refractivity (Wildman–Crippen MR) is 105 cm³/mol. The van der Waals surface area contributed by atoms with Gasteiger partial charge in [-0.25, -0.2) is 0 Å². The molecule has 0 aromatic heterocycles. The lowest BCUT2D eigenvalue weighted by molar-refractivity contribution is -0.149. The number of guanidine groups is 1. The molecule has 26 heavy (non-hydrogen) atoms. The Balaban J connectivity index is 1.90. The minimum absolute atomic E-state index is 0.0186. The van der Waals surface area contributed by atoms with Gasteiger partial charge in [-0.3, -0.25) is 9.79 Å². The van der Waals surface area contributed by atoms with E-state index in [2.05, 4.69) is 58.5 Å². The number of nitrogens with zero attached hydrogens (tertiary/aromatic N) is 3. The van der Waals surface area contributed by atoms with Gasteiger partial charge in [-0.05, 0) is 45.0 Å². The molecule has 144 valence electrons. The van der Waals surface area contributed by atoms with Crippen LogP contribution in [0.15, 0.2) is 29.3 Å². The van der Waals surface area contributed by atoms with E-state index in [1.165, 1.54) is 11.1 Å². The summed E-state index contributed by atoms with van der Waals surface area (Å²) >= 11 is 0. The zero-order valence-corrected chi connectivity index (χ0v) is 16.5. The van der Waals surface area contributed by atoms with Gasteiger partial charge in [-0.2, -0.15) is 0 Å². The van der Waals surface area contributed by atoms with Crippen LogP contribution in [0, 0.1) is 5.92 Å². The highest BCUT2D eigenvalue weighted by Gasteiger charge is 2.27. The van der Waals surface area contributed by atoms with Gasteiger partial charge >= 0.3 is 5.97 Å². The molecule has 1 heterocycles. The van der Waals surface area contributed by atoms with Crippen LogP contribution in [-0.2, 0) is 22.6 Å².